The Morgan fingerprint density at radius 3 is 2.42 bits per heavy atom. The zero-order chi connectivity index (χ0) is 23.0. The Morgan fingerprint density at radius 2 is 1.73 bits per heavy atom. The van der Waals surface area contributed by atoms with Crippen molar-refractivity contribution in [1.82, 2.24) is 15.1 Å². The number of carbonyl (C=O) groups is 2. The Balaban J connectivity index is 1.35. The van der Waals surface area contributed by atoms with Gasteiger partial charge in [-0.05, 0) is 48.9 Å². The van der Waals surface area contributed by atoms with E-state index in [9.17, 15) is 9.59 Å². The van der Waals surface area contributed by atoms with Gasteiger partial charge in [-0.25, -0.2) is 0 Å². The quantitative estimate of drug-likeness (QED) is 0.671. The van der Waals surface area contributed by atoms with Crippen LogP contribution >= 0.6 is 0 Å². The molecule has 2 fully saturated rings. The second kappa shape index (κ2) is 11.3. The number of methoxy groups -OCH3 is 1. The van der Waals surface area contributed by atoms with Crippen LogP contribution in [0, 0.1) is 5.92 Å². The number of ether oxygens (including phenoxy) is 1. The molecule has 1 unspecified atom stereocenters. The summed E-state index contributed by atoms with van der Waals surface area (Å²) in [5.41, 5.74) is 1.88. The topological polar surface area (TPSA) is 61.9 Å². The second-order valence-corrected chi connectivity index (χ2v) is 9.08. The van der Waals surface area contributed by atoms with Crippen molar-refractivity contribution in [2.75, 3.05) is 39.8 Å². The van der Waals surface area contributed by atoms with Gasteiger partial charge >= 0.3 is 0 Å². The van der Waals surface area contributed by atoms with E-state index in [1.807, 2.05) is 41.3 Å². The minimum atomic E-state index is -0.0997. The van der Waals surface area contributed by atoms with E-state index in [2.05, 4.69) is 22.3 Å². The molecule has 2 aliphatic rings. The standard InChI is InChI=1S/C27H35N3O3/c1-33-24-13-7-12-23(20-24)27(32)30-18-16-29(17-19-30)25(22-10-5-6-11-22)26(31)28-15-14-21-8-3-2-4-9-21/h2-4,7-9,12-13,20,22,25H,5-6,10-11,14-19H2,1H3,(H,28,31). The molecule has 1 N–H and O–H groups in total. The molecule has 1 aliphatic carbocycles. The smallest absolute Gasteiger partial charge is 0.254 e. The van der Waals surface area contributed by atoms with E-state index in [1.165, 1.54) is 18.4 Å². The Bertz CT molecular complexity index is 919. The lowest BCUT2D eigenvalue weighted by molar-refractivity contribution is -0.129. The molecule has 6 nitrogen and oxygen atoms in total. The molecule has 176 valence electrons. The van der Waals surface area contributed by atoms with Crippen LogP contribution in [0.25, 0.3) is 0 Å². The molecular weight excluding hydrogens is 414 g/mol. The summed E-state index contributed by atoms with van der Waals surface area (Å²) < 4.78 is 5.26. The van der Waals surface area contributed by atoms with E-state index >= 15 is 0 Å². The molecule has 4 rings (SSSR count). The molecule has 6 heteroatoms. The third kappa shape index (κ3) is 5.93. The highest BCUT2D eigenvalue weighted by molar-refractivity contribution is 5.94. The summed E-state index contributed by atoms with van der Waals surface area (Å²) in [7, 11) is 1.61. The average Bonchev–Trinajstić information content (AvgIpc) is 3.39. The van der Waals surface area contributed by atoms with Crippen LogP contribution in [-0.2, 0) is 11.2 Å². The van der Waals surface area contributed by atoms with Gasteiger partial charge in [0.2, 0.25) is 5.91 Å². The monoisotopic (exact) mass is 449 g/mol. The maximum atomic E-state index is 13.3. The highest BCUT2D eigenvalue weighted by Gasteiger charge is 2.37. The van der Waals surface area contributed by atoms with Crippen LogP contribution in [0.2, 0.25) is 0 Å². The van der Waals surface area contributed by atoms with Crippen molar-refractivity contribution < 1.29 is 14.3 Å². The molecule has 1 heterocycles. The summed E-state index contributed by atoms with van der Waals surface area (Å²) in [5.74, 6) is 1.26. The maximum Gasteiger partial charge on any atom is 0.254 e. The Hall–Kier alpha value is -2.86. The van der Waals surface area contributed by atoms with Crippen molar-refractivity contribution in [1.29, 1.82) is 0 Å². The molecule has 1 aliphatic heterocycles. The van der Waals surface area contributed by atoms with Crippen LogP contribution in [0.15, 0.2) is 54.6 Å². The van der Waals surface area contributed by atoms with Gasteiger partial charge in [0, 0.05) is 38.3 Å². The number of hydrogen-bond donors (Lipinski definition) is 1. The number of amides is 2. The number of carbonyl (C=O) groups excluding carboxylic acids is 2. The van der Waals surface area contributed by atoms with E-state index in [-0.39, 0.29) is 17.9 Å². The van der Waals surface area contributed by atoms with Crippen molar-refractivity contribution in [2.45, 2.75) is 38.1 Å². The SMILES string of the molecule is COc1cccc(C(=O)N2CCN(C(C(=O)NCCc3ccccc3)C3CCCC3)CC2)c1. The molecule has 2 aromatic rings. The number of nitrogens with zero attached hydrogens (tertiary/aromatic N) is 2. The molecule has 2 aromatic carbocycles. The first-order valence-electron chi connectivity index (χ1n) is 12.1. The first-order chi connectivity index (χ1) is 16.2. The number of nitrogens with one attached hydrogen (secondary N) is 1. The van der Waals surface area contributed by atoms with Gasteiger partial charge in [0.1, 0.15) is 5.75 Å². The number of rotatable bonds is 8. The molecular formula is C27H35N3O3. The lowest BCUT2D eigenvalue weighted by Crippen LogP contribution is -2.58. The minimum Gasteiger partial charge on any atom is -0.497 e. The zero-order valence-electron chi connectivity index (χ0n) is 19.5. The number of piperazine rings is 1. The summed E-state index contributed by atoms with van der Waals surface area (Å²) >= 11 is 0. The molecule has 0 bridgehead atoms. The number of hydrogen-bond acceptors (Lipinski definition) is 4. The van der Waals surface area contributed by atoms with E-state index in [1.54, 1.807) is 13.2 Å². The third-order valence-corrected chi connectivity index (χ3v) is 6.98. The van der Waals surface area contributed by atoms with Crippen LogP contribution in [-0.4, -0.2) is 67.5 Å². The predicted molar refractivity (Wildman–Crippen MR) is 129 cm³/mol. The Morgan fingerprint density at radius 1 is 1.00 bits per heavy atom. The molecule has 0 spiro atoms. The second-order valence-electron chi connectivity index (χ2n) is 9.08. The van der Waals surface area contributed by atoms with Crippen LogP contribution in [0.4, 0.5) is 0 Å². The first kappa shape index (κ1) is 23.3. The highest BCUT2D eigenvalue weighted by atomic mass is 16.5. The van der Waals surface area contributed by atoms with Gasteiger partial charge in [-0.2, -0.15) is 0 Å². The summed E-state index contributed by atoms with van der Waals surface area (Å²) in [6.45, 7) is 3.37. The highest BCUT2D eigenvalue weighted by Crippen LogP contribution is 2.31. The van der Waals surface area contributed by atoms with Crippen LogP contribution in [0.3, 0.4) is 0 Å². The number of benzene rings is 2. The van der Waals surface area contributed by atoms with E-state index in [0.29, 0.717) is 36.9 Å². The van der Waals surface area contributed by atoms with E-state index < -0.39 is 0 Å². The first-order valence-corrected chi connectivity index (χ1v) is 12.1. The van der Waals surface area contributed by atoms with Gasteiger partial charge in [0.25, 0.3) is 5.91 Å². The zero-order valence-corrected chi connectivity index (χ0v) is 19.5. The minimum absolute atomic E-state index is 0.0262. The predicted octanol–water partition coefficient (Wildman–Crippen LogP) is 3.37. The van der Waals surface area contributed by atoms with Gasteiger partial charge in [0.05, 0.1) is 13.2 Å². The fraction of sp³-hybridized carbons (Fsp3) is 0.481. The van der Waals surface area contributed by atoms with Gasteiger partial charge in [-0.3, -0.25) is 14.5 Å². The fourth-order valence-corrected chi connectivity index (χ4v) is 5.17. The van der Waals surface area contributed by atoms with Gasteiger partial charge in [-0.15, -0.1) is 0 Å². The third-order valence-electron chi connectivity index (χ3n) is 6.98. The molecule has 0 aromatic heterocycles. The Labute approximate surface area is 196 Å². The van der Waals surface area contributed by atoms with Crippen LogP contribution in [0.5, 0.6) is 5.75 Å². The molecule has 1 atom stereocenters. The normalized spacial score (nSPS) is 18.2. The maximum absolute atomic E-state index is 13.3. The van der Waals surface area contributed by atoms with E-state index in [0.717, 1.165) is 32.4 Å². The molecule has 0 radical (unpaired) electrons. The van der Waals surface area contributed by atoms with Crippen LogP contribution in [0.1, 0.15) is 41.6 Å². The van der Waals surface area contributed by atoms with E-state index in [4.69, 9.17) is 4.74 Å². The lowest BCUT2D eigenvalue weighted by Gasteiger charge is -2.40. The lowest BCUT2D eigenvalue weighted by atomic mass is 9.94. The summed E-state index contributed by atoms with van der Waals surface area (Å²) in [5, 5.41) is 3.20. The van der Waals surface area contributed by atoms with Gasteiger partial charge in [0.15, 0.2) is 0 Å². The van der Waals surface area contributed by atoms with Crippen molar-refractivity contribution in [2.24, 2.45) is 5.92 Å². The summed E-state index contributed by atoms with van der Waals surface area (Å²) in [4.78, 5) is 30.5. The summed E-state index contributed by atoms with van der Waals surface area (Å²) in [6, 6.07) is 17.5. The average molecular weight is 450 g/mol. The Kier molecular flexibility index (Phi) is 8.00. The fourth-order valence-electron chi connectivity index (χ4n) is 5.17. The van der Waals surface area contributed by atoms with Crippen molar-refractivity contribution in [3.05, 3.63) is 65.7 Å². The summed E-state index contributed by atoms with van der Waals surface area (Å²) in [6.07, 6.45) is 5.46. The van der Waals surface area contributed by atoms with Crippen molar-refractivity contribution >= 4 is 11.8 Å². The molecule has 2 amide bonds. The van der Waals surface area contributed by atoms with Gasteiger partial charge < -0.3 is 15.0 Å². The molecule has 1 saturated carbocycles. The molecule has 1 saturated heterocycles. The van der Waals surface area contributed by atoms with Crippen molar-refractivity contribution in [3.63, 3.8) is 0 Å². The van der Waals surface area contributed by atoms with Crippen molar-refractivity contribution in [3.8, 4) is 5.75 Å². The van der Waals surface area contributed by atoms with Crippen LogP contribution < -0.4 is 10.1 Å². The molecule has 33 heavy (non-hydrogen) atoms. The largest absolute Gasteiger partial charge is 0.497 e. The van der Waals surface area contributed by atoms with Gasteiger partial charge in [-0.1, -0.05) is 49.2 Å².